The lowest BCUT2D eigenvalue weighted by Crippen LogP contribution is -2.35. The second kappa shape index (κ2) is 6.76. The van der Waals surface area contributed by atoms with Gasteiger partial charge in [0.1, 0.15) is 5.76 Å². The van der Waals surface area contributed by atoms with Gasteiger partial charge in [0.05, 0.1) is 12.1 Å². The van der Waals surface area contributed by atoms with Crippen LogP contribution in [-0.4, -0.2) is 17.1 Å². The third-order valence-electron chi connectivity index (χ3n) is 3.36. The monoisotopic (exact) mass is 306 g/mol. The van der Waals surface area contributed by atoms with Crippen LogP contribution >= 0.6 is 11.6 Å². The lowest BCUT2D eigenvalue weighted by atomic mass is 10.1. The summed E-state index contributed by atoms with van der Waals surface area (Å²) in [6, 6.07) is 7.71. The Hall–Kier alpha value is -1.81. The number of hydrogen-bond donors (Lipinski definition) is 1. The van der Waals surface area contributed by atoms with Crippen molar-refractivity contribution >= 4 is 17.5 Å². The van der Waals surface area contributed by atoms with Crippen molar-refractivity contribution in [3.8, 4) is 0 Å². The number of nitrogens with one attached hydrogen (secondary N) is 1. The average Bonchev–Trinajstić information content (AvgIpc) is 2.70. The maximum atomic E-state index is 12.1. The summed E-state index contributed by atoms with van der Waals surface area (Å²) in [6.07, 6.45) is 1.04. The van der Waals surface area contributed by atoms with Gasteiger partial charge in [0.2, 0.25) is 5.91 Å². The van der Waals surface area contributed by atoms with Crippen LogP contribution in [0.5, 0.6) is 0 Å². The number of carbonyl (C=O) groups excluding carboxylic acids is 1. The topological polar surface area (TPSA) is 55.1 Å². The first-order chi connectivity index (χ1) is 9.95. The minimum atomic E-state index is -0.0288. The average molecular weight is 307 g/mol. The molecule has 0 fully saturated rings. The molecular weight excluding hydrogens is 288 g/mol. The minimum Gasteiger partial charge on any atom is -0.361 e. The quantitative estimate of drug-likeness (QED) is 0.922. The lowest BCUT2D eigenvalue weighted by molar-refractivity contribution is -0.121. The Morgan fingerprint density at radius 1 is 1.43 bits per heavy atom. The van der Waals surface area contributed by atoms with Gasteiger partial charge in [-0.3, -0.25) is 4.79 Å². The van der Waals surface area contributed by atoms with Crippen LogP contribution in [0.4, 0.5) is 0 Å². The van der Waals surface area contributed by atoms with Crippen molar-refractivity contribution in [2.24, 2.45) is 0 Å². The summed E-state index contributed by atoms with van der Waals surface area (Å²) in [6.45, 7) is 5.64. The Labute approximate surface area is 129 Å². The number of amides is 1. The summed E-state index contributed by atoms with van der Waals surface area (Å²) in [4.78, 5) is 12.1. The molecule has 0 aliphatic rings. The van der Waals surface area contributed by atoms with E-state index in [4.69, 9.17) is 16.1 Å². The summed E-state index contributed by atoms with van der Waals surface area (Å²) in [7, 11) is 0. The highest BCUT2D eigenvalue weighted by Gasteiger charge is 2.15. The molecule has 1 amide bonds. The molecule has 21 heavy (non-hydrogen) atoms. The largest absolute Gasteiger partial charge is 0.361 e. The predicted octanol–water partition coefficient (Wildman–Crippen LogP) is 3.23. The molecule has 0 aliphatic carbocycles. The van der Waals surface area contributed by atoms with Gasteiger partial charge in [0.15, 0.2) is 0 Å². The second-order valence-corrected chi connectivity index (χ2v) is 5.72. The van der Waals surface area contributed by atoms with E-state index >= 15 is 0 Å². The number of benzene rings is 1. The van der Waals surface area contributed by atoms with Crippen LogP contribution in [0.3, 0.4) is 0 Å². The zero-order chi connectivity index (χ0) is 15.4. The Bertz CT molecular complexity index is 617. The summed E-state index contributed by atoms with van der Waals surface area (Å²) in [5.74, 6) is 0.670. The SMILES string of the molecule is Cc1noc(C)c1CC(=O)N[C@@H](C)Cc1cccc(Cl)c1. The van der Waals surface area contributed by atoms with Crippen molar-refractivity contribution in [2.45, 2.75) is 39.7 Å². The van der Waals surface area contributed by atoms with E-state index in [1.807, 2.05) is 45.0 Å². The Morgan fingerprint density at radius 2 is 2.19 bits per heavy atom. The molecule has 0 bridgehead atoms. The molecule has 1 aromatic carbocycles. The molecule has 2 aromatic rings. The zero-order valence-electron chi connectivity index (χ0n) is 12.4. The van der Waals surface area contributed by atoms with Gasteiger partial charge in [-0.05, 0) is 44.9 Å². The molecule has 1 N–H and O–H groups in total. The van der Waals surface area contributed by atoms with Crippen molar-refractivity contribution in [2.75, 3.05) is 0 Å². The Kier molecular flexibility index (Phi) is 5.02. The van der Waals surface area contributed by atoms with E-state index in [0.29, 0.717) is 17.2 Å². The third kappa shape index (κ3) is 4.33. The van der Waals surface area contributed by atoms with Crippen molar-refractivity contribution in [1.82, 2.24) is 10.5 Å². The number of nitrogens with zero attached hydrogens (tertiary/aromatic N) is 1. The molecule has 1 aromatic heterocycles. The molecular formula is C16H19ClN2O2. The van der Waals surface area contributed by atoms with E-state index < -0.39 is 0 Å². The van der Waals surface area contributed by atoms with Gasteiger partial charge in [0.25, 0.3) is 0 Å². The van der Waals surface area contributed by atoms with Gasteiger partial charge in [-0.1, -0.05) is 28.9 Å². The molecule has 0 radical (unpaired) electrons. The predicted molar refractivity (Wildman–Crippen MR) is 82.4 cm³/mol. The molecule has 0 saturated carbocycles. The number of aryl methyl sites for hydroxylation is 2. The highest BCUT2D eigenvalue weighted by molar-refractivity contribution is 6.30. The molecule has 112 valence electrons. The molecule has 1 heterocycles. The van der Waals surface area contributed by atoms with Crippen molar-refractivity contribution in [3.63, 3.8) is 0 Å². The Balaban J connectivity index is 1.90. The highest BCUT2D eigenvalue weighted by atomic mass is 35.5. The molecule has 0 unspecified atom stereocenters. The smallest absolute Gasteiger partial charge is 0.224 e. The van der Waals surface area contributed by atoms with Crippen molar-refractivity contribution in [1.29, 1.82) is 0 Å². The number of hydrogen-bond acceptors (Lipinski definition) is 3. The fourth-order valence-corrected chi connectivity index (χ4v) is 2.52. The van der Waals surface area contributed by atoms with E-state index in [-0.39, 0.29) is 11.9 Å². The van der Waals surface area contributed by atoms with E-state index in [2.05, 4.69) is 10.5 Å². The van der Waals surface area contributed by atoms with Gasteiger partial charge in [0, 0.05) is 16.6 Å². The fraction of sp³-hybridized carbons (Fsp3) is 0.375. The maximum absolute atomic E-state index is 12.1. The van der Waals surface area contributed by atoms with Crippen LogP contribution in [0.15, 0.2) is 28.8 Å². The standard InChI is InChI=1S/C16H19ClN2O2/c1-10(7-13-5-4-6-14(17)8-13)18-16(20)9-15-11(2)19-21-12(15)3/h4-6,8,10H,7,9H2,1-3H3,(H,18,20)/t10-/m0/s1. The summed E-state index contributed by atoms with van der Waals surface area (Å²) in [5, 5.41) is 7.56. The van der Waals surface area contributed by atoms with Crippen LogP contribution in [0, 0.1) is 13.8 Å². The van der Waals surface area contributed by atoms with Crippen LogP contribution in [-0.2, 0) is 17.6 Å². The zero-order valence-corrected chi connectivity index (χ0v) is 13.2. The van der Waals surface area contributed by atoms with E-state index in [0.717, 1.165) is 23.2 Å². The number of rotatable bonds is 5. The van der Waals surface area contributed by atoms with E-state index in [1.165, 1.54) is 0 Å². The van der Waals surface area contributed by atoms with Gasteiger partial charge in [-0.25, -0.2) is 0 Å². The first kappa shape index (κ1) is 15.6. The summed E-state index contributed by atoms with van der Waals surface area (Å²) < 4.78 is 5.07. The van der Waals surface area contributed by atoms with Crippen molar-refractivity contribution < 1.29 is 9.32 Å². The maximum Gasteiger partial charge on any atom is 0.224 e. The molecule has 0 aliphatic heterocycles. The van der Waals surface area contributed by atoms with E-state index in [9.17, 15) is 4.79 Å². The van der Waals surface area contributed by atoms with Crippen LogP contribution in [0.25, 0.3) is 0 Å². The summed E-state index contributed by atoms with van der Waals surface area (Å²) >= 11 is 5.96. The Morgan fingerprint density at radius 3 is 2.81 bits per heavy atom. The van der Waals surface area contributed by atoms with Gasteiger partial charge in [-0.15, -0.1) is 0 Å². The van der Waals surface area contributed by atoms with Crippen molar-refractivity contribution in [3.05, 3.63) is 51.9 Å². The third-order valence-corrected chi connectivity index (χ3v) is 3.59. The van der Waals surface area contributed by atoms with Gasteiger partial charge >= 0.3 is 0 Å². The molecule has 2 rings (SSSR count). The number of halogens is 1. The molecule has 5 heteroatoms. The second-order valence-electron chi connectivity index (χ2n) is 5.28. The normalized spacial score (nSPS) is 12.2. The van der Waals surface area contributed by atoms with Gasteiger partial charge in [-0.2, -0.15) is 0 Å². The highest BCUT2D eigenvalue weighted by Crippen LogP contribution is 2.14. The first-order valence-corrected chi connectivity index (χ1v) is 7.29. The first-order valence-electron chi connectivity index (χ1n) is 6.91. The minimum absolute atomic E-state index is 0.0288. The summed E-state index contributed by atoms with van der Waals surface area (Å²) in [5.41, 5.74) is 2.74. The van der Waals surface area contributed by atoms with Crippen LogP contribution in [0.2, 0.25) is 5.02 Å². The number of aromatic nitrogens is 1. The van der Waals surface area contributed by atoms with Crippen LogP contribution < -0.4 is 5.32 Å². The van der Waals surface area contributed by atoms with E-state index in [1.54, 1.807) is 0 Å². The van der Waals surface area contributed by atoms with Crippen LogP contribution in [0.1, 0.15) is 29.5 Å². The fourth-order valence-electron chi connectivity index (χ4n) is 2.31. The molecule has 0 saturated heterocycles. The molecule has 4 nitrogen and oxygen atoms in total. The molecule has 1 atom stereocenters. The number of carbonyl (C=O) groups is 1. The lowest BCUT2D eigenvalue weighted by Gasteiger charge is -2.14. The van der Waals surface area contributed by atoms with Gasteiger partial charge < -0.3 is 9.84 Å². The molecule has 0 spiro atoms.